The Bertz CT molecular complexity index is 804. The number of fused-ring (bicyclic) bond motifs is 7. The fourth-order valence-electron chi connectivity index (χ4n) is 10.9. The van der Waals surface area contributed by atoms with E-state index in [9.17, 15) is 15.0 Å². The van der Waals surface area contributed by atoms with Gasteiger partial charge in [-0.1, -0.05) is 41.5 Å². The van der Waals surface area contributed by atoms with Crippen LogP contribution in [0.2, 0.25) is 0 Å². The molecule has 0 radical (unpaired) electrons. The van der Waals surface area contributed by atoms with Gasteiger partial charge in [0, 0.05) is 13.0 Å². The Morgan fingerprint density at radius 1 is 0.812 bits per heavy atom. The van der Waals surface area contributed by atoms with Crippen LogP contribution in [0.3, 0.4) is 0 Å². The quantitative estimate of drug-likeness (QED) is 0.510. The van der Waals surface area contributed by atoms with E-state index < -0.39 is 6.10 Å². The van der Waals surface area contributed by atoms with Gasteiger partial charge in [0.1, 0.15) is 6.10 Å². The topological polar surface area (TPSA) is 57.5 Å². The zero-order valence-electron chi connectivity index (χ0n) is 21.6. The number of carbonyl (C=O) groups excluding carboxylic acids is 1. The molecule has 5 rings (SSSR count). The van der Waals surface area contributed by atoms with Crippen LogP contribution in [-0.2, 0) is 4.79 Å². The average Bonchev–Trinajstić information content (AvgIpc) is 2.71. The van der Waals surface area contributed by atoms with E-state index in [4.69, 9.17) is 0 Å². The second kappa shape index (κ2) is 6.84. The van der Waals surface area contributed by atoms with Crippen LogP contribution in [0.5, 0.6) is 0 Å². The van der Waals surface area contributed by atoms with Crippen molar-refractivity contribution in [1.82, 2.24) is 0 Å². The molecule has 32 heavy (non-hydrogen) atoms. The smallest absolute Gasteiger partial charge is 0.161 e. The monoisotopic (exact) mass is 444 g/mol. The first kappa shape index (κ1) is 23.3. The summed E-state index contributed by atoms with van der Waals surface area (Å²) in [5.41, 5.74) is 1.27. The first-order chi connectivity index (χ1) is 14.8. The lowest BCUT2D eigenvalue weighted by Crippen LogP contribution is -2.68. The lowest BCUT2D eigenvalue weighted by Gasteiger charge is -2.74. The minimum Gasteiger partial charge on any atom is -0.396 e. The van der Waals surface area contributed by atoms with Crippen molar-refractivity contribution < 1.29 is 15.0 Å². The van der Waals surface area contributed by atoms with Crippen LogP contribution in [0.4, 0.5) is 0 Å². The summed E-state index contributed by atoms with van der Waals surface area (Å²) in [5.74, 6) is 1.76. The molecular formula is C29H48O3. The van der Waals surface area contributed by atoms with Crippen molar-refractivity contribution in [3.8, 4) is 0 Å². The molecule has 5 saturated carbocycles. The van der Waals surface area contributed by atoms with E-state index in [-0.39, 0.29) is 32.9 Å². The summed E-state index contributed by atoms with van der Waals surface area (Å²) in [6.45, 7) is 15.4. The lowest BCUT2D eigenvalue weighted by molar-refractivity contribution is -0.262. The molecular weight excluding hydrogens is 396 g/mol. The number of aliphatic hydroxyl groups is 2. The third kappa shape index (κ3) is 2.82. The summed E-state index contributed by atoms with van der Waals surface area (Å²) >= 11 is 0. The number of Topliss-reactive ketones (excluding diaryl/α,β-unsaturated/α-hetero) is 1. The Hall–Kier alpha value is -0.410. The van der Waals surface area contributed by atoms with Crippen molar-refractivity contribution in [3.63, 3.8) is 0 Å². The number of hydrogen-bond acceptors (Lipinski definition) is 3. The van der Waals surface area contributed by atoms with Gasteiger partial charge in [0.25, 0.3) is 0 Å². The van der Waals surface area contributed by atoms with Crippen LogP contribution in [0.25, 0.3) is 0 Å². The molecule has 0 spiro atoms. The van der Waals surface area contributed by atoms with Gasteiger partial charge < -0.3 is 10.2 Å². The third-order valence-electron chi connectivity index (χ3n) is 13.1. The van der Waals surface area contributed by atoms with E-state index in [0.717, 1.165) is 6.42 Å². The average molecular weight is 445 g/mol. The standard InChI is InChI=1S/C29H48O3/c1-24(2)9-13-29(18-30)14-12-27(5)21-7-8-25(3)16-20(32)19(31)15-22(25)26(21,4)10-11-28(27,6)23(29)17-24/h19,21-23,30-31H,7-18H2,1-6H3. The molecule has 0 aromatic rings. The zero-order chi connectivity index (χ0) is 23.4. The molecule has 0 heterocycles. The van der Waals surface area contributed by atoms with E-state index in [1.807, 2.05) is 0 Å². The molecule has 3 nitrogen and oxygen atoms in total. The third-order valence-corrected chi connectivity index (χ3v) is 13.1. The molecule has 0 bridgehead atoms. The van der Waals surface area contributed by atoms with E-state index in [1.54, 1.807) is 0 Å². The van der Waals surface area contributed by atoms with Crippen LogP contribution >= 0.6 is 0 Å². The maximum absolute atomic E-state index is 12.5. The summed E-state index contributed by atoms with van der Waals surface area (Å²) < 4.78 is 0. The largest absolute Gasteiger partial charge is 0.396 e. The normalized spacial score (nSPS) is 57.1. The predicted octanol–water partition coefficient (Wildman–Crippen LogP) is 6.15. The van der Waals surface area contributed by atoms with Gasteiger partial charge in [-0.25, -0.2) is 0 Å². The molecule has 3 heteroatoms. The molecule has 5 fully saturated rings. The van der Waals surface area contributed by atoms with Gasteiger partial charge in [0.05, 0.1) is 0 Å². The number of aliphatic hydroxyl groups excluding tert-OH is 2. The maximum atomic E-state index is 12.5. The Balaban J connectivity index is 1.55. The van der Waals surface area contributed by atoms with Crippen molar-refractivity contribution in [2.75, 3.05) is 6.61 Å². The van der Waals surface area contributed by atoms with Crippen LogP contribution < -0.4 is 0 Å². The summed E-state index contributed by atoms with van der Waals surface area (Å²) in [4.78, 5) is 12.5. The van der Waals surface area contributed by atoms with Crippen LogP contribution in [0.1, 0.15) is 112 Å². The highest BCUT2D eigenvalue weighted by Crippen LogP contribution is 2.78. The summed E-state index contributed by atoms with van der Waals surface area (Å²) in [7, 11) is 0. The second-order valence-electron chi connectivity index (χ2n) is 15.0. The first-order valence-corrected chi connectivity index (χ1v) is 13.6. The molecule has 5 aliphatic carbocycles. The molecule has 2 N–H and O–H groups in total. The van der Waals surface area contributed by atoms with Crippen LogP contribution in [-0.4, -0.2) is 28.7 Å². The Morgan fingerprint density at radius 3 is 2.12 bits per heavy atom. The highest BCUT2D eigenvalue weighted by atomic mass is 16.3. The summed E-state index contributed by atoms with van der Waals surface area (Å²) in [5, 5.41) is 21.3. The van der Waals surface area contributed by atoms with Gasteiger partial charge in [-0.2, -0.15) is 0 Å². The van der Waals surface area contributed by atoms with E-state index in [2.05, 4.69) is 41.5 Å². The van der Waals surface area contributed by atoms with Gasteiger partial charge in [-0.15, -0.1) is 0 Å². The van der Waals surface area contributed by atoms with Gasteiger partial charge in [0.15, 0.2) is 5.78 Å². The van der Waals surface area contributed by atoms with Crippen molar-refractivity contribution in [1.29, 1.82) is 0 Å². The number of ketones is 1. The molecule has 9 unspecified atom stereocenters. The SMILES string of the molecule is CC1(C)CCC2(CO)CCC3(C)C4CCC5(C)CC(=O)C(O)CC5C4(C)CCC3(C)C2C1. The van der Waals surface area contributed by atoms with E-state index in [1.165, 1.54) is 51.4 Å². The fourth-order valence-corrected chi connectivity index (χ4v) is 10.9. The minimum atomic E-state index is -0.752. The highest BCUT2D eigenvalue weighted by molar-refractivity contribution is 5.84. The summed E-state index contributed by atoms with van der Waals surface area (Å²) in [6, 6.07) is 0. The molecule has 0 aromatic heterocycles. The highest BCUT2D eigenvalue weighted by Gasteiger charge is 2.71. The number of carbonyl (C=O) groups is 1. The van der Waals surface area contributed by atoms with Gasteiger partial charge in [-0.3, -0.25) is 4.79 Å². The Kier molecular flexibility index (Phi) is 4.99. The molecule has 0 saturated heterocycles. The Morgan fingerprint density at radius 2 is 1.44 bits per heavy atom. The minimum absolute atomic E-state index is 0.0576. The lowest BCUT2D eigenvalue weighted by atomic mass is 9.30. The van der Waals surface area contributed by atoms with Crippen molar-refractivity contribution in [2.45, 2.75) is 118 Å². The van der Waals surface area contributed by atoms with Crippen molar-refractivity contribution in [3.05, 3.63) is 0 Å². The van der Waals surface area contributed by atoms with E-state index >= 15 is 0 Å². The van der Waals surface area contributed by atoms with Crippen LogP contribution in [0, 0.1) is 50.2 Å². The summed E-state index contributed by atoms with van der Waals surface area (Å²) in [6.07, 6.45) is 11.4. The van der Waals surface area contributed by atoms with Gasteiger partial charge in [0.2, 0.25) is 0 Å². The zero-order valence-corrected chi connectivity index (χ0v) is 21.6. The molecule has 5 aliphatic rings. The second-order valence-corrected chi connectivity index (χ2v) is 15.0. The van der Waals surface area contributed by atoms with Crippen molar-refractivity contribution in [2.24, 2.45) is 50.2 Å². The van der Waals surface area contributed by atoms with Gasteiger partial charge >= 0.3 is 0 Å². The fraction of sp³-hybridized carbons (Fsp3) is 0.966. The maximum Gasteiger partial charge on any atom is 0.161 e. The van der Waals surface area contributed by atoms with Crippen LogP contribution in [0.15, 0.2) is 0 Å². The van der Waals surface area contributed by atoms with E-state index in [0.29, 0.717) is 42.6 Å². The molecule has 182 valence electrons. The predicted molar refractivity (Wildman–Crippen MR) is 128 cm³/mol. The molecule has 0 aromatic carbocycles. The number of hydrogen-bond donors (Lipinski definition) is 2. The number of rotatable bonds is 1. The first-order valence-electron chi connectivity index (χ1n) is 13.6. The van der Waals surface area contributed by atoms with Gasteiger partial charge in [-0.05, 0) is 114 Å². The molecule has 9 atom stereocenters. The molecule has 0 aliphatic heterocycles. The van der Waals surface area contributed by atoms with Crippen molar-refractivity contribution >= 4 is 5.78 Å². The molecule has 0 amide bonds. The Labute approximate surface area is 196 Å².